The van der Waals surface area contributed by atoms with Crippen molar-refractivity contribution in [1.29, 1.82) is 5.26 Å². The molecule has 0 aliphatic carbocycles. The average molecular weight is 327 g/mol. The second-order valence-electron chi connectivity index (χ2n) is 6.80. The van der Waals surface area contributed by atoms with Crippen LogP contribution in [-0.2, 0) is 4.79 Å². The molecule has 1 aromatic carbocycles. The molecule has 0 saturated carbocycles. The van der Waals surface area contributed by atoms with Crippen molar-refractivity contribution in [2.75, 3.05) is 20.1 Å². The summed E-state index contributed by atoms with van der Waals surface area (Å²) in [5.74, 6) is 0.514. The van der Waals surface area contributed by atoms with Crippen LogP contribution in [0.1, 0.15) is 38.2 Å². The van der Waals surface area contributed by atoms with Crippen LogP contribution in [0.2, 0.25) is 0 Å². The third kappa shape index (κ3) is 3.25. The highest BCUT2D eigenvalue weighted by Gasteiger charge is 2.39. The first-order valence-electron chi connectivity index (χ1n) is 8.78. The Kier molecular flexibility index (Phi) is 5.06. The fourth-order valence-electron chi connectivity index (χ4n) is 4.02. The van der Waals surface area contributed by atoms with E-state index in [4.69, 9.17) is 10.00 Å². The summed E-state index contributed by atoms with van der Waals surface area (Å²) >= 11 is 0. The highest BCUT2D eigenvalue weighted by atomic mass is 16.5. The Morgan fingerprint density at radius 1 is 1.25 bits per heavy atom. The SMILES string of the molecule is C[C@H](Oc1ccccc1C#N)C(=O)N1CCC[C@H]1[C@@H]1CCCN1C. The number of carbonyl (C=O) groups is 1. The monoisotopic (exact) mass is 327 g/mol. The minimum atomic E-state index is -0.577. The maximum Gasteiger partial charge on any atom is 0.263 e. The van der Waals surface area contributed by atoms with Crippen LogP contribution in [0.15, 0.2) is 24.3 Å². The molecular formula is C19H25N3O2. The van der Waals surface area contributed by atoms with Crippen molar-refractivity contribution in [2.24, 2.45) is 0 Å². The predicted octanol–water partition coefficient (Wildman–Crippen LogP) is 2.41. The van der Waals surface area contributed by atoms with Gasteiger partial charge in [-0.1, -0.05) is 12.1 Å². The Morgan fingerprint density at radius 3 is 2.67 bits per heavy atom. The molecular weight excluding hydrogens is 302 g/mol. The fraction of sp³-hybridized carbons (Fsp3) is 0.579. The van der Waals surface area contributed by atoms with Gasteiger partial charge in [-0.05, 0) is 58.3 Å². The topological polar surface area (TPSA) is 56.6 Å². The highest BCUT2D eigenvalue weighted by molar-refractivity contribution is 5.81. The van der Waals surface area contributed by atoms with Crippen LogP contribution in [0.25, 0.3) is 0 Å². The van der Waals surface area contributed by atoms with Gasteiger partial charge in [0.15, 0.2) is 6.10 Å². The summed E-state index contributed by atoms with van der Waals surface area (Å²) in [6, 6.07) is 9.94. The maximum atomic E-state index is 12.9. The van der Waals surface area contributed by atoms with Crippen LogP contribution < -0.4 is 4.74 Å². The Labute approximate surface area is 143 Å². The van der Waals surface area contributed by atoms with Gasteiger partial charge in [-0.3, -0.25) is 4.79 Å². The smallest absolute Gasteiger partial charge is 0.263 e. The Bertz CT molecular complexity index is 640. The summed E-state index contributed by atoms with van der Waals surface area (Å²) in [4.78, 5) is 17.3. The van der Waals surface area contributed by atoms with E-state index < -0.39 is 6.10 Å². The highest BCUT2D eigenvalue weighted by Crippen LogP contribution is 2.30. The van der Waals surface area contributed by atoms with Gasteiger partial charge in [0, 0.05) is 18.6 Å². The van der Waals surface area contributed by atoms with Gasteiger partial charge in [-0.25, -0.2) is 0 Å². The fourth-order valence-corrected chi connectivity index (χ4v) is 4.02. The van der Waals surface area contributed by atoms with Gasteiger partial charge in [0.25, 0.3) is 5.91 Å². The molecule has 1 amide bonds. The lowest BCUT2D eigenvalue weighted by atomic mass is 10.0. The summed E-state index contributed by atoms with van der Waals surface area (Å²) in [5, 5.41) is 9.17. The van der Waals surface area contributed by atoms with E-state index in [0.29, 0.717) is 23.4 Å². The van der Waals surface area contributed by atoms with Gasteiger partial charge in [-0.2, -0.15) is 5.26 Å². The van der Waals surface area contributed by atoms with E-state index in [9.17, 15) is 4.79 Å². The zero-order valence-corrected chi connectivity index (χ0v) is 14.4. The predicted molar refractivity (Wildman–Crippen MR) is 91.6 cm³/mol. The number of hydrogen-bond donors (Lipinski definition) is 0. The van der Waals surface area contributed by atoms with Gasteiger partial charge >= 0.3 is 0 Å². The largest absolute Gasteiger partial charge is 0.480 e. The van der Waals surface area contributed by atoms with Crippen LogP contribution in [0.3, 0.4) is 0 Å². The molecule has 3 rings (SSSR count). The standard InChI is InChI=1S/C19H25N3O2/c1-14(24-18-10-4-3-7-15(18)13-20)19(23)22-12-6-9-17(22)16-8-5-11-21(16)2/h3-4,7,10,14,16-17H,5-6,8-9,11-12H2,1-2H3/t14-,16-,17-/m0/s1. The molecule has 0 N–H and O–H groups in total. The quantitative estimate of drug-likeness (QED) is 0.852. The molecule has 24 heavy (non-hydrogen) atoms. The van der Waals surface area contributed by atoms with E-state index in [2.05, 4.69) is 18.0 Å². The third-order valence-electron chi connectivity index (χ3n) is 5.26. The first-order valence-corrected chi connectivity index (χ1v) is 8.78. The molecule has 2 aliphatic heterocycles. The lowest BCUT2D eigenvalue weighted by molar-refractivity contribution is -0.139. The molecule has 0 radical (unpaired) electrons. The van der Waals surface area contributed by atoms with Gasteiger partial charge in [0.05, 0.1) is 5.56 Å². The first kappa shape index (κ1) is 16.8. The van der Waals surface area contributed by atoms with Crippen LogP contribution in [0.4, 0.5) is 0 Å². The number of ether oxygens (including phenoxy) is 1. The zero-order chi connectivity index (χ0) is 17.1. The number of benzene rings is 1. The molecule has 0 bridgehead atoms. The number of likely N-dealkylation sites (N-methyl/N-ethyl adjacent to an activating group) is 1. The second kappa shape index (κ2) is 7.23. The van der Waals surface area contributed by atoms with Crippen LogP contribution >= 0.6 is 0 Å². The maximum absolute atomic E-state index is 12.9. The minimum absolute atomic E-state index is 0.0329. The summed E-state index contributed by atoms with van der Waals surface area (Å²) in [6.45, 7) is 3.70. The van der Waals surface area contributed by atoms with Crippen molar-refractivity contribution in [1.82, 2.24) is 9.80 Å². The van der Waals surface area contributed by atoms with E-state index in [1.807, 2.05) is 11.0 Å². The number of likely N-dealkylation sites (tertiary alicyclic amines) is 2. The minimum Gasteiger partial charge on any atom is -0.480 e. The lowest BCUT2D eigenvalue weighted by Crippen LogP contribution is -2.50. The number of amides is 1. The van der Waals surface area contributed by atoms with Gasteiger partial charge in [-0.15, -0.1) is 0 Å². The second-order valence-corrected chi connectivity index (χ2v) is 6.80. The van der Waals surface area contributed by atoms with Crippen molar-refractivity contribution < 1.29 is 9.53 Å². The molecule has 128 valence electrons. The molecule has 0 aromatic heterocycles. The molecule has 5 nitrogen and oxygen atoms in total. The van der Waals surface area contributed by atoms with Crippen molar-refractivity contribution in [2.45, 2.75) is 50.8 Å². The number of rotatable bonds is 4. The molecule has 3 atom stereocenters. The molecule has 0 unspecified atom stereocenters. The molecule has 2 fully saturated rings. The Morgan fingerprint density at radius 2 is 1.96 bits per heavy atom. The van der Waals surface area contributed by atoms with Crippen molar-refractivity contribution in [3.63, 3.8) is 0 Å². The molecule has 5 heteroatoms. The summed E-state index contributed by atoms with van der Waals surface area (Å²) in [5.41, 5.74) is 0.464. The summed E-state index contributed by atoms with van der Waals surface area (Å²) in [6.07, 6.45) is 3.93. The van der Waals surface area contributed by atoms with Crippen LogP contribution in [0, 0.1) is 11.3 Å². The number of nitrogens with zero attached hydrogens (tertiary/aromatic N) is 3. The number of para-hydroxylation sites is 1. The summed E-state index contributed by atoms with van der Waals surface area (Å²) in [7, 11) is 2.15. The Balaban J connectivity index is 1.69. The van der Waals surface area contributed by atoms with Crippen molar-refractivity contribution in [3.8, 4) is 11.8 Å². The van der Waals surface area contributed by atoms with E-state index in [1.165, 1.54) is 6.42 Å². The number of carbonyl (C=O) groups excluding carboxylic acids is 1. The van der Waals surface area contributed by atoms with Gasteiger partial charge < -0.3 is 14.5 Å². The van der Waals surface area contributed by atoms with Crippen molar-refractivity contribution >= 4 is 5.91 Å². The van der Waals surface area contributed by atoms with E-state index >= 15 is 0 Å². The molecule has 2 saturated heterocycles. The molecule has 2 aliphatic rings. The Hall–Kier alpha value is -2.06. The average Bonchev–Trinajstić information content (AvgIpc) is 3.22. The third-order valence-corrected chi connectivity index (χ3v) is 5.26. The van der Waals surface area contributed by atoms with Crippen molar-refractivity contribution in [3.05, 3.63) is 29.8 Å². The lowest BCUT2D eigenvalue weighted by Gasteiger charge is -2.34. The van der Waals surface area contributed by atoms with E-state index in [1.54, 1.807) is 25.1 Å². The van der Waals surface area contributed by atoms with Gasteiger partial charge in [0.1, 0.15) is 11.8 Å². The van der Waals surface area contributed by atoms with Crippen LogP contribution in [-0.4, -0.2) is 54.0 Å². The number of hydrogen-bond acceptors (Lipinski definition) is 4. The molecule has 1 aromatic rings. The zero-order valence-electron chi connectivity index (χ0n) is 14.4. The molecule has 2 heterocycles. The van der Waals surface area contributed by atoms with Crippen LogP contribution in [0.5, 0.6) is 5.75 Å². The van der Waals surface area contributed by atoms with E-state index in [-0.39, 0.29) is 5.91 Å². The normalized spacial score (nSPS) is 25.5. The number of nitriles is 1. The van der Waals surface area contributed by atoms with Gasteiger partial charge in [0.2, 0.25) is 0 Å². The molecule has 0 spiro atoms. The first-order chi connectivity index (χ1) is 11.6. The van der Waals surface area contributed by atoms with E-state index in [0.717, 1.165) is 32.4 Å². The summed E-state index contributed by atoms with van der Waals surface area (Å²) < 4.78 is 5.82.